The maximum Gasteiger partial charge on any atom is 0.263 e. The summed E-state index contributed by atoms with van der Waals surface area (Å²) in [7, 11) is 0. The predicted molar refractivity (Wildman–Crippen MR) is 164 cm³/mol. The van der Waals surface area contributed by atoms with Gasteiger partial charge in [-0.25, -0.2) is 9.97 Å². The van der Waals surface area contributed by atoms with E-state index in [1.807, 2.05) is 12.3 Å². The van der Waals surface area contributed by atoms with E-state index in [-0.39, 0.29) is 28.5 Å². The Bertz CT molecular complexity index is 1710. The third-order valence-electron chi connectivity index (χ3n) is 8.66. The second-order valence-electron chi connectivity index (χ2n) is 11.9. The Balaban J connectivity index is 1.30. The van der Waals surface area contributed by atoms with Gasteiger partial charge >= 0.3 is 0 Å². The van der Waals surface area contributed by atoms with Gasteiger partial charge in [0.2, 0.25) is 5.95 Å². The standard InChI is InChI=1S/C32H35ClN6O2/c1-19-26-17-35-31(37-29(26)39(24-7-5-6-8-24)30(41)28(19)20(2)40)36-27-12-11-25(16-34-27)38-18-22-10-9-21(15-33)13-23(22)14-32(38,3)4/h9-13,16-17,24H,5-8,14-15,18H2,1-4H3,(H,34,35,36,37). The van der Waals surface area contributed by atoms with Crippen molar-refractivity contribution in [2.75, 3.05) is 10.2 Å². The molecule has 41 heavy (non-hydrogen) atoms. The summed E-state index contributed by atoms with van der Waals surface area (Å²) in [5.74, 6) is 1.27. The van der Waals surface area contributed by atoms with Crippen LogP contribution in [0, 0.1) is 6.92 Å². The summed E-state index contributed by atoms with van der Waals surface area (Å²) in [5.41, 5.74) is 5.92. The van der Waals surface area contributed by atoms with Crippen LogP contribution in [0.15, 0.2) is 47.5 Å². The highest BCUT2D eigenvalue weighted by Crippen LogP contribution is 2.36. The van der Waals surface area contributed by atoms with Gasteiger partial charge in [-0.2, -0.15) is 4.98 Å². The number of fused-ring (bicyclic) bond motifs is 2. The molecule has 0 saturated heterocycles. The SMILES string of the molecule is CC(=O)c1c(C)c2cnc(Nc3ccc(N4Cc5ccc(CCl)cc5CC4(C)C)cn3)nc2n(C2CCCC2)c1=O. The van der Waals surface area contributed by atoms with E-state index in [1.165, 1.54) is 18.1 Å². The molecule has 1 fully saturated rings. The molecule has 1 N–H and O–H groups in total. The van der Waals surface area contributed by atoms with Crippen molar-refractivity contribution in [2.24, 2.45) is 0 Å². The lowest BCUT2D eigenvalue weighted by atomic mass is 9.84. The number of halogens is 1. The number of nitrogens with zero attached hydrogens (tertiary/aromatic N) is 5. The van der Waals surface area contributed by atoms with Crippen LogP contribution in [0.5, 0.6) is 0 Å². The van der Waals surface area contributed by atoms with E-state index in [0.717, 1.165) is 55.3 Å². The number of carbonyl (C=O) groups is 1. The van der Waals surface area contributed by atoms with Crippen LogP contribution in [0.1, 0.15) is 85.1 Å². The number of nitrogens with one attached hydrogen (secondary N) is 1. The number of alkyl halides is 1. The zero-order valence-electron chi connectivity index (χ0n) is 24.0. The molecule has 0 spiro atoms. The molecule has 0 bridgehead atoms. The second-order valence-corrected chi connectivity index (χ2v) is 12.2. The smallest absolute Gasteiger partial charge is 0.263 e. The van der Waals surface area contributed by atoms with E-state index in [1.54, 1.807) is 17.7 Å². The molecular weight excluding hydrogens is 536 g/mol. The van der Waals surface area contributed by atoms with Crippen molar-refractivity contribution < 1.29 is 4.79 Å². The van der Waals surface area contributed by atoms with Crippen LogP contribution < -0.4 is 15.8 Å². The molecule has 0 amide bonds. The molecule has 2 aliphatic rings. The third kappa shape index (κ3) is 4.99. The number of carbonyl (C=O) groups excluding carboxylic acids is 1. The number of Topliss-reactive ketones (excluding diaryl/α,β-unsaturated/α-hetero) is 1. The van der Waals surface area contributed by atoms with E-state index < -0.39 is 0 Å². The maximum absolute atomic E-state index is 13.5. The van der Waals surface area contributed by atoms with Gasteiger partial charge < -0.3 is 10.2 Å². The minimum absolute atomic E-state index is 0.0309. The van der Waals surface area contributed by atoms with E-state index in [4.69, 9.17) is 16.6 Å². The maximum atomic E-state index is 13.5. The molecule has 1 aromatic carbocycles. The monoisotopic (exact) mass is 570 g/mol. The summed E-state index contributed by atoms with van der Waals surface area (Å²) in [5, 5.41) is 3.95. The highest BCUT2D eigenvalue weighted by Gasteiger charge is 2.33. The van der Waals surface area contributed by atoms with Gasteiger partial charge in [0.25, 0.3) is 5.56 Å². The summed E-state index contributed by atoms with van der Waals surface area (Å²) < 4.78 is 1.72. The molecule has 0 radical (unpaired) electrons. The molecule has 1 saturated carbocycles. The van der Waals surface area contributed by atoms with Crippen LogP contribution >= 0.6 is 11.6 Å². The number of anilines is 3. The van der Waals surface area contributed by atoms with Crippen LogP contribution in [0.25, 0.3) is 11.0 Å². The average Bonchev–Trinajstić information content (AvgIpc) is 3.47. The Morgan fingerprint density at radius 3 is 2.56 bits per heavy atom. The van der Waals surface area contributed by atoms with Crippen molar-refractivity contribution in [1.82, 2.24) is 19.5 Å². The molecule has 8 nitrogen and oxygen atoms in total. The number of pyridine rings is 2. The van der Waals surface area contributed by atoms with Crippen molar-refractivity contribution in [3.8, 4) is 0 Å². The zero-order valence-corrected chi connectivity index (χ0v) is 24.8. The number of hydrogen-bond acceptors (Lipinski definition) is 7. The van der Waals surface area contributed by atoms with Crippen molar-refractivity contribution >= 4 is 45.9 Å². The molecule has 0 unspecified atom stereocenters. The van der Waals surface area contributed by atoms with Crippen LogP contribution in [0.2, 0.25) is 0 Å². The van der Waals surface area contributed by atoms with Crippen molar-refractivity contribution in [3.05, 3.63) is 80.9 Å². The van der Waals surface area contributed by atoms with Gasteiger partial charge in [0.15, 0.2) is 5.78 Å². The first-order valence-corrected chi connectivity index (χ1v) is 14.8. The molecule has 0 atom stereocenters. The van der Waals surface area contributed by atoms with E-state index in [9.17, 15) is 9.59 Å². The number of rotatable bonds is 6. The lowest BCUT2D eigenvalue weighted by Gasteiger charge is -2.45. The van der Waals surface area contributed by atoms with Gasteiger partial charge in [-0.05, 0) is 81.3 Å². The minimum atomic E-state index is -0.258. The first-order valence-electron chi connectivity index (χ1n) is 14.3. The number of benzene rings is 1. The van der Waals surface area contributed by atoms with Crippen LogP contribution in [-0.4, -0.2) is 30.8 Å². The largest absolute Gasteiger partial charge is 0.360 e. The Labute approximate surface area is 244 Å². The Morgan fingerprint density at radius 1 is 1.10 bits per heavy atom. The summed E-state index contributed by atoms with van der Waals surface area (Å²) in [6.07, 6.45) is 8.42. The van der Waals surface area contributed by atoms with Gasteiger partial charge in [-0.15, -0.1) is 11.6 Å². The van der Waals surface area contributed by atoms with Gasteiger partial charge in [0, 0.05) is 35.6 Å². The van der Waals surface area contributed by atoms with E-state index in [0.29, 0.717) is 28.9 Å². The van der Waals surface area contributed by atoms with Gasteiger partial charge in [-0.1, -0.05) is 31.0 Å². The normalized spacial score (nSPS) is 16.7. The molecule has 9 heteroatoms. The van der Waals surface area contributed by atoms with E-state index >= 15 is 0 Å². The molecule has 6 rings (SSSR count). The zero-order chi connectivity index (χ0) is 28.9. The molecular formula is C32H35ClN6O2. The first kappa shape index (κ1) is 27.4. The van der Waals surface area contributed by atoms with Crippen molar-refractivity contribution in [1.29, 1.82) is 0 Å². The predicted octanol–water partition coefficient (Wildman–Crippen LogP) is 6.64. The fourth-order valence-electron chi connectivity index (χ4n) is 6.51. The quantitative estimate of drug-likeness (QED) is 0.205. The summed E-state index contributed by atoms with van der Waals surface area (Å²) >= 11 is 6.07. The molecule has 1 aliphatic heterocycles. The molecule has 212 valence electrons. The number of aryl methyl sites for hydroxylation is 1. The van der Waals surface area contributed by atoms with Gasteiger partial charge in [0.1, 0.15) is 11.5 Å². The first-order chi connectivity index (χ1) is 19.7. The third-order valence-corrected chi connectivity index (χ3v) is 8.97. The average molecular weight is 571 g/mol. The fraction of sp³-hybridized carbons (Fsp3) is 0.406. The highest BCUT2D eigenvalue weighted by molar-refractivity contribution is 6.17. The van der Waals surface area contributed by atoms with Crippen LogP contribution in [0.3, 0.4) is 0 Å². The molecule has 4 heterocycles. The highest BCUT2D eigenvalue weighted by atomic mass is 35.5. The minimum Gasteiger partial charge on any atom is -0.360 e. The Hall–Kier alpha value is -3.78. The second kappa shape index (κ2) is 10.6. The summed E-state index contributed by atoms with van der Waals surface area (Å²) in [4.78, 5) is 42.3. The van der Waals surface area contributed by atoms with Gasteiger partial charge in [0.05, 0.1) is 17.4 Å². The fourth-order valence-corrected chi connectivity index (χ4v) is 6.68. The van der Waals surface area contributed by atoms with Crippen molar-refractivity contribution in [3.63, 3.8) is 0 Å². The lowest BCUT2D eigenvalue weighted by molar-refractivity contribution is 0.101. The van der Waals surface area contributed by atoms with Crippen LogP contribution in [0.4, 0.5) is 17.5 Å². The van der Waals surface area contributed by atoms with Crippen LogP contribution in [-0.2, 0) is 18.8 Å². The summed E-state index contributed by atoms with van der Waals surface area (Å²) in [6, 6.07) is 10.5. The topological polar surface area (TPSA) is 93.0 Å². The molecule has 1 aliphatic carbocycles. The number of aromatic nitrogens is 4. The van der Waals surface area contributed by atoms with Gasteiger partial charge in [-0.3, -0.25) is 14.2 Å². The van der Waals surface area contributed by atoms with E-state index in [2.05, 4.69) is 58.3 Å². The molecule has 3 aromatic heterocycles. The summed E-state index contributed by atoms with van der Waals surface area (Å²) in [6.45, 7) is 8.55. The van der Waals surface area contributed by atoms with Crippen molar-refractivity contribution in [2.45, 2.75) is 83.8 Å². The Kier molecular flexibility index (Phi) is 7.06. The number of ketones is 1. The number of hydrogen-bond donors (Lipinski definition) is 1. The molecule has 4 aromatic rings. The Morgan fingerprint density at radius 2 is 1.88 bits per heavy atom. The lowest BCUT2D eigenvalue weighted by Crippen LogP contribution is -2.48.